The van der Waals surface area contributed by atoms with Gasteiger partial charge in [-0.25, -0.2) is 0 Å². The first kappa shape index (κ1) is 15.6. The van der Waals surface area contributed by atoms with Crippen molar-refractivity contribution in [1.82, 2.24) is 16.0 Å². The summed E-state index contributed by atoms with van der Waals surface area (Å²) < 4.78 is 0. The molecule has 0 aromatic heterocycles. The molecule has 0 aromatic carbocycles. The summed E-state index contributed by atoms with van der Waals surface area (Å²) in [6.07, 6.45) is 5.78. The Morgan fingerprint density at radius 3 is 2.55 bits per heavy atom. The summed E-state index contributed by atoms with van der Waals surface area (Å²) in [6.45, 7) is 2.73. The first-order valence-electron chi connectivity index (χ1n) is 7.62. The SMILES string of the molecule is O=C(CSC1CCNCC1)NCCCC(=O)NC1CC1. The van der Waals surface area contributed by atoms with Gasteiger partial charge >= 0.3 is 0 Å². The van der Waals surface area contributed by atoms with E-state index in [0.717, 1.165) is 45.2 Å². The fourth-order valence-electron chi connectivity index (χ4n) is 2.21. The van der Waals surface area contributed by atoms with Crippen LogP contribution in [0.15, 0.2) is 0 Å². The summed E-state index contributed by atoms with van der Waals surface area (Å²) in [7, 11) is 0. The topological polar surface area (TPSA) is 70.2 Å². The van der Waals surface area contributed by atoms with Crippen molar-refractivity contribution < 1.29 is 9.59 Å². The second-order valence-corrected chi connectivity index (χ2v) is 6.84. The van der Waals surface area contributed by atoms with Crippen LogP contribution in [0.4, 0.5) is 0 Å². The molecule has 114 valence electrons. The lowest BCUT2D eigenvalue weighted by Crippen LogP contribution is -2.32. The minimum absolute atomic E-state index is 0.0936. The van der Waals surface area contributed by atoms with Gasteiger partial charge in [-0.2, -0.15) is 0 Å². The van der Waals surface area contributed by atoms with Crippen LogP contribution in [-0.2, 0) is 9.59 Å². The third-order valence-corrected chi connectivity index (χ3v) is 4.95. The van der Waals surface area contributed by atoms with Gasteiger partial charge in [0.05, 0.1) is 5.75 Å². The van der Waals surface area contributed by atoms with Gasteiger partial charge in [0.2, 0.25) is 11.8 Å². The molecule has 1 heterocycles. The van der Waals surface area contributed by atoms with Crippen molar-refractivity contribution in [2.45, 2.75) is 49.8 Å². The molecule has 6 heteroatoms. The van der Waals surface area contributed by atoms with E-state index in [4.69, 9.17) is 0 Å². The molecule has 0 atom stereocenters. The van der Waals surface area contributed by atoms with Crippen LogP contribution in [0, 0.1) is 0 Å². The van der Waals surface area contributed by atoms with Crippen molar-refractivity contribution in [2.24, 2.45) is 0 Å². The van der Waals surface area contributed by atoms with Crippen molar-refractivity contribution in [3.63, 3.8) is 0 Å². The predicted octanol–water partition coefficient (Wildman–Crippen LogP) is 0.647. The Hall–Kier alpha value is -0.750. The van der Waals surface area contributed by atoms with Crippen LogP contribution in [0.3, 0.4) is 0 Å². The molecule has 0 bridgehead atoms. The van der Waals surface area contributed by atoms with Crippen LogP contribution in [0.2, 0.25) is 0 Å². The minimum atomic E-state index is 0.0936. The Bertz CT molecular complexity index is 328. The normalized spacial score (nSPS) is 19.6. The van der Waals surface area contributed by atoms with Gasteiger partial charge < -0.3 is 16.0 Å². The van der Waals surface area contributed by atoms with E-state index < -0.39 is 0 Å². The number of rotatable bonds is 8. The number of thioether (sulfide) groups is 1. The largest absolute Gasteiger partial charge is 0.355 e. The first-order valence-corrected chi connectivity index (χ1v) is 8.67. The van der Waals surface area contributed by atoms with Gasteiger partial charge in [0.1, 0.15) is 0 Å². The maximum Gasteiger partial charge on any atom is 0.230 e. The Balaban J connectivity index is 1.43. The number of carbonyl (C=O) groups excluding carboxylic acids is 2. The molecule has 1 saturated heterocycles. The highest BCUT2D eigenvalue weighted by Gasteiger charge is 2.22. The first-order chi connectivity index (χ1) is 9.74. The molecule has 0 unspecified atom stereocenters. The van der Waals surface area contributed by atoms with E-state index in [-0.39, 0.29) is 11.8 Å². The predicted molar refractivity (Wildman–Crippen MR) is 81.8 cm³/mol. The quantitative estimate of drug-likeness (QED) is 0.576. The highest BCUT2D eigenvalue weighted by atomic mass is 32.2. The van der Waals surface area contributed by atoms with Crippen LogP contribution in [-0.4, -0.2) is 48.5 Å². The summed E-state index contributed by atoms with van der Waals surface area (Å²) in [5, 5.41) is 9.78. The zero-order valence-corrected chi connectivity index (χ0v) is 12.8. The molecular formula is C14H25N3O2S. The van der Waals surface area contributed by atoms with E-state index in [1.165, 1.54) is 0 Å². The van der Waals surface area contributed by atoms with E-state index in [9.17, 15) is 9.59 Å². The molecule has 2 amide bonds. The molecule has 20 heavy (non-hydrogen) atoms. The molecule has 0 aromatic rings. The van der Waals surface area contributed by atoms with Crippen LogP contribution >= 0.6 is 11.8 Å². The van der Waals surface area contributed by atoms with Gasteiger partial charge in [-0.1, -0.05) is 0 Å². The number of amides is 2. The number of carbonyl (C=O) groups is 2. The van der Waals surface area contributed by atoms with Crippen molar-refractivity contribution in [3.05, 3.63) is 0 Å². The second-order valence-electron chi connectivity index (χ2n) is 5.56. The summed E-state index contributed by atoms with van der Waals surface area (Å²) in [6, 6.07) is 0.429. The summed E-state index contributed by atoms with van der Waals surface area (Å²) >= 11 is 1.76. The van der Waals surface area contributed by atoms with Crippen molar-refractivity contribution in [1.29, 1.82) is 0 Å². The average molecular weight is 299 g/mol. The monoisotopic (exact) mass is 299 g/mol. The van der Waals surface area contributed by atoms with Gasteiger partial charge in [0.25, 0.3) is 0 Å². The van der Waals surface area contributed by atoms with Gasteiger partial charge in [-0.05, 0) is 45.2 Å². The molecule has 5 nitrogen and oxygen atoms in total. The molecule has 2 rings (SSSR count). The Labute approximate surface area is 125 Å². The third-order valence-electron chi connectivity index (χ3n) is 3.58. The smallest absolute Gasteiger partial charge is 0.230 e. The fourth-order valence-corrected chi connectivity index (χ4v) is 3.27. The molecule has 3 N–H and O–H groups in total. The van der Waals surface area contributed by atoms with Crippen molar-refractivity contribution in [2.75, 3.05) is 25.4 Å². The van der Waals surface area contributed by atoms with E-state index in [1.807, 2.05) is 0 Å². The molecule has 1 aliphatic heterocycles. The summed E-state index contributed by atoms with van der Waals surface area (Å²) in [5.74, 6) is 0.751. The lowest BCUT2D eigenvalue weighted by Gasteiger charge is -2.21. The fraction of sp³-hybridized carbons (Fsp3) is 0.857. The zero-order chi connectivity index (χ0) is 14.2. The highest BCUT2D eigenvalue weighted by molar-refractivity contribution is 8.00. The number of hydrogen-bond donors (Lipinski definition) is 3. The van der Waals surface area contributed by atoms with Gasteiger partial charge in [-0.3, -0.25) is 9.59 Å². The second kappa shape index (κ2) is 8.52. The zero-order valence-electron chi connectivity index (χ0n) is 12.0. The van der Waals surface area contributed by atoms with Crippen molar-refractivity contribution >= 4 is 23.6 Å². The van der Waals surface area contributed by atoms with E-state index in [0.29, 0.717) is 30.0 Å². The molecule has 0 spiro atoms. The van der Waals surface area contributed by atoms with Crippen molar-refractivity contribution in [3.8, 4) is 0 Å². The Morgan fingerprint density at radius 1 is 1.10 bits per heavy atom. The molecule has 2 aliphatic rings. The Morgan fingerprint density at radius 2 is 1.85 bits per heavy atom. The van der Waals surface area contributed by atoms with Crippen LogP contribution < -0.4 is 16.0 Å². The lowest BCUT2D eigenvalue weighted by atomic mass is 10.2. The Kier molecular flexibility index (Phi) is 6.66. The van der Waals surface area contributed by atoms with E-state index in [1.54, 1.807) is 11.8 Å². The molecule has 1 saturated carbocycles. The number of nitrogens with one attached hydrogen (secondary N) is 3. The number of piperidine rings is 1. The van der Waals surface area contributed by atoms with Gasteiger partial charge in [-0.15, -0.1) is 11.8 Å². The van der Waals surface area contributed by atoms with Crippen LogP contribution in [0.1, 0.15) is 38.5 Å². The van der Waals surface area contributed by atoms with E-state index >= 15 is 0 Å². The maximum atomic E-state index is 11.7. The van der Waals surface area contributed by atoms with Crippen LogP contribution in [0.5, 0.6) is 0 Å². The minimum Gasteiger partial charge on any atom is -0.355 e. The van der Waals surface area contributed by atoms with Crippen LogP contribution in [0.25, 0.3) is 0 Å². The molecule has 1 aliphatic carbocycles. The summed E-state index contributed by atoms with van der Waals surface area (Å²) in [5.41, 5.74) is 0. The number of hydrogen-bond acceptors (Lipinski definition) is 4. The standard InChI is InChI=1S/C14H25N3O2S/c18-13(17-11-3-4-11)2-1-7-16-14(19)10-20-12-5-8-15-9-6-12/h11-12,15H,1-10H2,(H,16,19)(H,17,18). The average Bonchev–Trinajstić information content (AvgIpc) is 3.26. The maximum absolute atomic E-state index is 11.7. The lowest BCUT2D eigenvalue weighted by molar-refractivity contribution is -0.122. The van der Waals surface area contributed by atoms with E-state index in [2.05, 4.69) is 16.0 Å². The highest BCUT2D eigenvalue weighted by Crippen LogP contribution is 2.19. The molecule has 0 radical (unpaired) electrons. The summed E-state index contributed by atoms with van der Waals surface area (Å²) in [4.78, 5) is 23.1. The van der Waals surface area contributed by atoms with Gasteiger partial charge in [0.15, 0.2) is 0 Å². The molecule has 2 fully saturated rings. The van der Waals surface area contributed by atoms with Gasteiger partial charge in [0, 0.05) is 24.3 Å². The third kappa shape index (κ3) is 6.61. The molecular weight excluding hydrogens is 274 g/mol.